The maximum Gasteiger partial charge on any atom is 0.275 e. The van der Waals surface area contributed by atoms with E-state index in [2.05, 4.69) is 20.2 Å². The molecule has 1 aliphatic heterocycles. The van der Waals surface area contributed by atoms with Crippen LogP contribution in [0.3, 0.4) is 0 Å². The normalized spacial score (nSPS) is 14.4. The first-order valence-electron chi connectivity index (χ1n) is 8.78. The van der Waals surface area contributed by atoms with Crippen molar-refractivity contribution in [3.63, 3.8) is 0 Å². The van der Waals surface area contributed by atoms with E-state index >= 15 is 0 Å². The third-order valence-corrected chi connectivity index (χ3v) is 4.58. The Balaban J connectivity index is 1.62. The number of fused-ring (bicyclic) bond motifs is 1. The molecule has 1 saturated heterocycles. The number of aromatic nitrogens is 2. The molecule has 0 bridgehead atoms. The first-order chi connectivity index (χ1) is 12.7. The van der Waals surface area contributed by atoms with Crippen molar-refractivity contribution in [1.29, 1.82) is 0 Å². The number of halogens is 1. The predicted octanol–water partition coefficient (Wildman–Crippen LogP) is 4.01. The average molecular weight is 350 g/mol. The van der Waals surface area contributed by atoms with E-state index in [0.717, 1.165) is 37.1 Å². The van der Waals surface area contributed by atoms with E-state index in [-0.39, 0.29) is 11.5 Å². The molecule has 26 heavy (non-hydrogen) atoms. The molecule has 1 amide bonds. The summed E-state index contributed by atoms with van der Waals surface area (Å²) < 4.78 is 13.8. The number of para-hydroxylation sites is 2. The van der Waals surface area contributed by atoms with E-state index in [9.17, 15) is 9.18 Å². The van der Waals surface area contributed by atoms with Gasteiger partial charge in [-0.1, -0.05) is 12.1 Å². The van der Waals surface area contributed by atoms with Crippen LogP contribution in [0.2, 0.25) is 0 Å². The van der Waals surface area contributed by atoms with Gasteiger partial charge in [0.25, 0.3) is 5.91 Å². The van der Waals surface area contributed by atoms with Crippen molar-refractivity contribution in [3.05, 3.63) is 60.2 Å². The molecule has 1 N–H and O–H groups in total. The molecule has 0 radical (unpaired) electrons. The Labute approximate surface area is 150 Å². The Morgan fingerprint density at radius 2 is 1.81 bits per heavy atom. The molecular formula is C20H19FN4O. The highest BCUT2D eigenvalue weighted by molar-refractivity contribution is 6.05. The van der Waals surface area contributed by atoms with Gasteiger partial charge in [0, 0.05) is 13.1 Å². The van der Waals surface area contributed by atoms with Gasteiger partial charge < -0.3 is 10.2 Å². The Morgan fingerprint density at radius 3 is 2.62 bits per heavy atom. The number of rotatable bonds is 3. The van der Waals surface area contributed by atoms with Crippen LogP contribution in [0.4, 0.5) is 15.8 Å². The summed E-state index contributed by atoms with van der Waals surface area (Å²) in [6.07, 6.45) is 4.84. The fourth-order valence-electron chi connectivity index (χ4n) is 3.27. The second kappa shape index (κ2) is 7.07. The summed E-state index contributed by atoms with van der Waals surface area (Å²) in [5, 5.41) is 2.81. The highest BCUT2D eigenvalue weighted by Gasteiger charge is 2.18. The maximum atomic E-state index is 13.8. The molecule has 3 aromatic rings. The molecule has 132 valence electrons. The van der Waals surface area contributed by atoms with E-state index in [1.165, 1.54) is 24.8 Å². The van der Waals surface area contributed by atoms with Crippen LogP contribution in [0.1, 0.15) is 29.8 Å². The Kier molecular flexibility index (Phi) is 4.48. The number of anilines is 2. The van der Waals surface area contributed by atoms with E-state index in [1.807, 2.05) is 18.2 Å². The number of hydrogen-bond donors (Lipinski definition) is 1. The molecule has 0 spiro atoms. The molecule has 1 aliphatic rings. The van der Waals surface area contributed by atoms with Crippen LogP contribution in [0, 0.1) is 5.82 Å². The Morgan fingerprint density at radius 1 is 1.04 bits per heavy atom. The van der Waals surface area contributed by atoms with Crippen molar-refractivity contribution in [3.8, 4) is 0 Å². The van der Waals surface area contributed by atoms with Crippen LogP contribution in [-0.4, -0.2) is 29.0 Å². The number of benzene rings is 2. The minimum atomic E-state index is -0.396. The van der Waals surface area contributed by atoms with Crippen molar-refractivity contribution in [1.82, 2.24) is 9.97 Å². The van der Waals surface area contributed by atoms with E-state index in [1.54, 1.807) is 12.1 Å². The molecule has 2 aromatic carbocycles. The number of amides is 1. The summed E-state index contributed by atoms with van der Waals surface area (Å²) in [6, 6.07) is 11.9. The number of nitrogens with zero attached hydrogens (tertiary/aromatic N) is 3. The number of carbonyl (C=O) groups excluding carboxylic acids is 1. The minimum Gasteiger partial charge on any atom is -0.370 e. The summed E-state index contributed by atoms with van der Waals surface area (Å²) in [6.45, 7) is 1.81. The highest BCUT2D eigenvalue weighted by atomic mass is 19.1. The molecule has 1 aromatic heterocycles. The summed E-state index contributed by atoms with van der Waals surface area (Å²) >= 11 is 0. The summed E-state index contributed by atoms with van der Waals surface area (Å²) in [7, 11) is 0. The van der Waals surface area contributed by atoms with Crippen LogP contribution in [-0.2, 0) is 0 Å². The standard InChI is InChI=1S/C20H19FN4O/c21-14-8-9-19(25-10-4-1-5-11-25)17(12-14)24-20(26)18-13-22-15-6-2-3-7-16(15)23-18/h2-3,6-9,12-13H,1,4-5,10-11H2,(H,24,26). The van der Waals surface area contributed by atoms with Gasteiger partial charge in [0.05, 0.1) is 28.6 Å². The molecule has 5 nitrogen and oxygen atoms in total. The molecule has 0 aliphatic carbocycles. The van der Waals surface area contributed by atoms with Gasteiger partial charge in [-0.3, -0.25) is 9.78 Å². The molecule has 2 heterocycles. The number of piperidine rings is 1. The monoisotopic (exact) mass is 350 g/mol. The van der Waals surface area contributed by atoms with E-state index in [4.69, 9.17) is 0 Å². The van der Waals surface area contributed by atoms with Gasteiger partial charge in [-0.05, 0) is 49.6 Å². The SMILES string of the molecule is O=C(Nc1cc(F)ccc1N1CCCCC1)c1cnc2ccccc2n1. The van der Waals surface area contributed by atoms with Crippen molar-refractivity contribution in [2.75, 3.05) is 23.3 Å². The third-order valence-electron chi connectivity index (χ3n) is 4.58. The van der Waals surface area contributed by atoms with Crippen molar-refractivity contribution in [2.45, 2.75) is 19.3 Å². The molecule has 0 unspecified atom stereocenters. The number of hydrogen-bond acceptors (Lipinski definition) is 4. The zero-order valence-corrected chi connectivity index (χ0v) is 14.3. The van der Waals surface area contributed by atoms with Gasteiger partial charge >= 0.3 is 0 Å². The van der Waals surface area contributed by atoms with Gasteiger partial charge in [0.2, 0.25) is 0 Å². The first-order valence-corrected chi connectivity index (χ1v) is 8.78. The van der Waals surface area contributed by atoms with E-state index in [0.29, 0.717) is 11.2 Å². The molecule has 4 rings (SSSR count). The average Bonchev–Trinajstić information content (AvgIpc) is 2.68. The second-order valence-electron chi connectivity index (χ2n) is 6.41. The maximum absolute atomic E-state index is 13.8. The summed E-state index contributed by atoms with van der Waals surface area (Å²) in [4.78, 5) is 23.5. The fourth-order valence-corrected chi connectivity index (χ4v) is 3.27. The minimum absolute atomic E-state index is 0.206. The fraction of sp³-hybridized carbons (Fsp3) is 0.250. The third kappa shape index (κ3) is 3.35. The largest absolute Gasteiger partial charge is 0.370 e. The highest BCUT2D eigenvalue weighted by Crippen LogP contribution is 2.29. The van der Waals surface area contributed by atoms with Crippen LogP contribution < -0.4 is 10.2 Å². The zero-order valence-electron chi connectivity index (χ0n) is 14.3. The lowest BCUT2D eigenvalue weighted by molar-refractivity contribution is 0.102. The summed E-state index contributed by atoms with van der Waals surface area (Å²) in [5.41, 5.74) is 2.89. The van der Waals surface area contributed by atoms with Gasteiger partial charge in [-0.25, -0.2) is 9.37 Å². The van der Waals surface area contributed by atoms with Gasteiger partial charge in [-0.2, -0.15) is 0 Å². The topological polar surface area (TPSA) is 58.1 Å². The van der Waals surface area contributed by atoms with Crippen LogP contribution in [0.15, 0.2) is 48.7 Å². The molecular weight excluding hydrogens is 331 g/mol. The zero-order chi connectivity index (χ0) is 17.9. The van der Waals surface area contributed by atoms with Gasteiger partial charge in [0.15, 0.2) is 0 Å². The molecule has 1 fully saturated rings. The number of nitrogens with one attached hydrogen (secondary N) is 1. The smallest absolute Gasteiger partial charge is 0.275 e. The van der Waals surface area contributed by atoms with Crippen molar-refractivity contribution >= 4 is 28.3 Å². The van der Waals surface area contributed by atoms with Crippen LogP contribution in [0.5, 0.6) is 0 Å². The Bertz CT molecular complexity index is 953. The van der Waals surface area contributed by atoms with Crippen molar-refractivity contribution in [2.24, 2.45) is 0 Å². The molecule has 0 saturated carbocycles. The van der Waals surface area contributed by atoms with Crippen molar-refractivity contribution < 1.29 is 9.18 Å². The first kappa shape index (κ1) is 16.4. The number of carbonyl (C=O) groups is 1. The molecule has 0 atom stereocenters. The quantitative estimate of drug-likeness (QED) is 0.775. The Hall–Kier alpha value is -3.02. The van der Waals surface area contributed by atoms with Gasteiger partial charge in [0.1, 0.15) is 11.5 Å². The van der Waals surface area contributed by atoms with Gasteiger partial charge in [-0.15, -0.1) is 0 Å². The van der Waals surface area contributed by atoms with E-state index < -0.39 is 5.91 Å². The second-order valence-corrected chi connectivity index (χ2v) is 6.41. The van der Waals surface area contributed by atoms with Crippen LogP contribution in [0.25, 0.3) is 11.0 Å². The lowest BCUT2D eigenvalue weighted by Gasteiger charge is -2.30. The summed E-state index contributed by atoms with van der Waals surface area (Å²) in [5.74, 6) is -0.780. The van der Waals surface area contributed by atoms with Crippen LogP contribution >= 0.6 is 0 Å². The predicted molar refractivity (Wildman–Crippen MR) is 100.0 cm³/mol. The lowest BCUT2D eigenvalue weighted by atomic mass is 10.1. The lowest BCUT2D eigenvalue weighted by Crippen LogP contribution is -2.30. The molecule has 6 heteroatoms.